The van der Waals surface area contributed by atoms with Crippen LogP contribution in [-0.2, 0) is 19.6 Å². The van der Waals surface area contributed by atoms with E-state index in [1.54, 1.807) is 4.90 Å². The van der Waals surface area contributed by atoms with Crippen molar-refractivity contribution in [3.63, 3.8) is 0 Å². The summed E-state index contributed by atoms with van der Waals surface area (Å²) >= 11 is 0. The van der Waals surface area contributed by atoms with Crippen molar-refractivity contribution in [2.24, 2.45) is 5.92 Å². The van der Waals surface area contributed by atoms with Crippen molar-refractivity contribution in [3.05, 3.63) is 30.1 Å². The first kappa shape index (κ1) is 23.1. The molecule has 1 fully saturated rings. The van der Waals surface area contributed by atoms with E-state index < -0.39 is 38.8 Å². The minimum atomic E-state index is -4.18. The van der Waals surface area contributed by atoms with Crippen LogP contribution in [0.3, 0.4) is 0 Å². The standard InChI is InChI=1S/C19H28FN3O5S/c1-14(2)13-28-19(25)23-10-6-9-22(11-12-23)18(24)15(3)21-29(26,27)17-8-5-4-7-16(17)20/h4-5,7-8,14-15,21H,6,9-13H2,1-3H3/t15-/m0/s1. The topological polar surface area (TPSA) is 96.0 Å². The van der Waals surface area contributed by atoms with Gasteiger partial charge in [-0.25, -0.2) is 17.6 Å². The maximum atomic E-state index is 13.8. The first-order valence-electron chi connectivity index (χ1n) is 9.59. The second-order valence-corrected chi connectivity index (χ2v) is 9.09. The summed E-state index contributed by atoms with van der Waals surface area (Å²) in [5.74, 6) is -1.08. The van der Waals surface area contributed by atoms with Crippen LogP contribution in [0, 0.1) is 11.7 Å². The number of nitrogens with one attached hydrogen (secondary N) is 1. The SMILES string of the molecule is CC(C)COC(=O)N1CCCN(C(=O)[C@H](C)NS(=O)(=O)c2ccccc2F)CC1. The van der Waals surface area contributed by atoms with E-state index >= 15 is 0 Å². The molecule has 2 rings (SSSR count). The van der Waals surface area contributed by atoms with Crippen molar-refractivity contribution >= 4 is 22.0 Å². The molecule has 0 aliphatic carbocycles. The molecule has 29 heavy (non-hydrogen) atoms. The Kier molecular flexibility index (Phi) is 7.97. The Labute approximate surface area is 171 Å². The number of amides is 2. The Hall–Kier alpha value is -2.20. The van der Waals surface area contributed by atoms with Crippen LogP contribution < -0.4 is 4.72 Å². The number of hydrogen-bond donors (Lipinski definition) is 1. The molecule has 2 amide bonds. The van der Waals surface area contributed by atoms with E-state index in [0.29, 0.717) is 32.7 Å². The van der Waals surface area contributed by atoms with Gasteiger partial charge >= 0.3 is 6.09 Å². The zero-order valence-corrected chi connectivity index (χ0v) is 17.7. The number of halogens is 1. The van der Waals surface area contributed by atoms with Gasteiger partial charge in [-0.15, -0.1) is 0 Å². The predicted molar refractivity (Wildman–Crippen MR) is 105 cm³/mol. The normalized spacial score (nSPS) is 16.4. The van der Waals surface area contributed by atoms with Gasteiger partial charge in [-0.2, -0.15) is 4.72 Å². The fourth-order valence-electron chi connectivity index (χ4n) is 2.93. The number of rotatable bonds is 6. The maximum absolute atomic E-state index is 13.8. The molecular formula is C19H28FN3O5S. The molecule has 1 aromatic carbocycles. The Morgan fingerprint density at radius 1 is 1.10 bits per heavy atom. The van der Waals surface area contributed by atoms with Gasteiger partial charge in [-0.1, -0.05) is 26.0 Å². The maximum Gasteiger partial charge on any atom is 0.409 e. The predicted octanol–water partition coefficient (Wildman–Crippen LogP) is 1.82. The van der Waals surface area contributed by atoms with Crippen molar-refractivity contribution in [1.29, 1.82) is 0 Å². The number of benzene rings is 1. The third-order valence-electron chi connectivity index (χ3n) is 4.43. The highest BCUT2D eigenvalue weighted by Crippen LogP contribution is 2.14. The minimum Gasteiger partial charge on any atom is -0.449 e. The Morgan fingerprint density at radius 2 is 1.72 bits per heavy atom. The van der Waals surface area contributed by atoms with Crippen molar-refractivity contribution < 1.29 is 27.1 Å². The second-order valence-electron chi connectivity index (χ2n) is 7.41. The van der Waals surface area contributed by atoms with Gasteiger partial charge in [0.1, 0.15) is 10.7 Å². The third-order valence-corrected chi connectivity index (χ3v) is 6.01. The molecule has 1 atom stereocenters. The molecule has 0 spiro atoms. The van der Waals surface area contributed by atoms with Gasteiger partial charge in [0.15, 0.2) is 0 Å². The molecule has 1 aromatic rings. The fourth-order valence-corrected chi connectivity index (χ4v) is 4.21. The van der Waals surface area contributed by atoms with Crippen LogP contribution in [0.2, 0.25) is 0 Å². The molecule has 1 aliphatic rings. The first-order valence-corrected chi connectivity index (χ1v) is 11.1. The molecule has 0 saturated carbocycles. The molecular weight excluding hydrogens is 401 g/mol. The average molecular weight is 430 g/mol. The van der Waals surface area contributed by atoms with Crippen molar-refractivity contribution in [1.82, 2.24) is 14.5 Å². The highest BCUT2D eigenvalue weighted by molar-refractivity contribution is 7.89. The molecule has 10 heteroatoms. The average Bonchev–Trinajstić information content (AvgIpc) is 2.91. The first-order chi connectivity index (χ1) is 13.6. The molecule has 1 heterocycles. The van der Waals surface area contributed by atoms with Crippen LogP contribution in [-0.4, -0.2) is 69.0 Å². The molecule has 0 bridgehead atoms. The molecule has 162 valence electrons. The number of hydrogen-bond acceptors (Lipinski definition) is 5. The van der Waals surface area contributed by atoms with E-state index in [1.165, 1.54) is 24.0 Å². The van der Waals surface area contributed by atoms with Gasteiger partial charge in [0, 0.05) is 26.2 Å². The lowest BCUT2D eigenvalue weighted by Crippen LogP contribution is -2.48. The number of ether oxygens (including phenoxy) is 1. The lowest BCUT2D eigenvalue weighted by atomic mass is 10.2. The number of carbonyl (C=O) groups excluding carboxylic acids is 2. The van der Waals surface area contributed by atoms with Crippen LogP contribution in [0.1, 0.15) is 27.2 Å². The van der Waals surface area contributed by atoms with Gasteiger partial charge in [0.2, 0.25) is 15.9 Å². The minimum absolute atomic E-state index is 0.229. The molecule has 0 unspecified atom stereocenters. The van der Waals surface area contributed by atoms with Gasteiger partial charge in [-0.05, 0) is 31.4 Å². The van der Waals surface area contributed by atoms with E-state index in [9.17, 15) is 22.4 Å². The smallest absolute Gasteiger partial charge is 0.409 e. The van der Waals surface area contributed by atoms with E-state index in [-0.39, 0.29) is 12.5 Å². The van der Waals surface area contributed by atoms with Crippen molar-refractivity contribution in [3.8, 4) is 0 Å². The Morgan fingerprint density at radius 3 is 2.38 bits per heavy atom. The highest BCUT2D eigenvalue weighted by Gasteiger charge is 2.29. The molecule has 1 N–H and O–H groups in total. The van der Waals surface area contributed by atoms with Gasteiger partial charge < -0.3 is 14.5 Å². The summed E-state index contributed by atoms with van der Waals surface area (Å²) in [6, 6.07) is 3.91. The zero-order chi connectivity index (χ0) is 21.6. The lowest BCUT2D eigenvalue weighted by Gasteiger charge is -2.25. The van der Waals surface area contributed by atoms with E-state index in [1.807, 2.05) is 13.8 Å². The second kappa shape index (κ2) is 10.0. The summed E-state index contributed by atoms with van der Waals surface area (Å²) in [7, 11) is -4.18. The molecule has 1 aliphatic heterocycles. The van der Waals surface area contributed by atoms with E-state index in [2.05, 4.69) is 4.72 Å². The lowest BCUT2D eigenvalue weighted by molar-refractivity contribution is -0.132. The van der Waals surface area contributed by atoms with Crippen molar-refractivity contribution in [2.75, 3.05) is 32.8 Å². The number of sulfonamides is 1. The molecule has 0 aromatic heterocycles. The number of nitrogens with zero attached hydrogens (tertiary/aromatic N) is 2. The van der Waals surface area contributed by atoms with Gasteiger partial charge in [0.25, 0.3) is 0 Å². The van der Waals surface area contributed by atoms with E-state index in [4.69, 9.17) is 4.74 Å². The molecule has 1 saturated heterocycles. The highest BCUT2D eigenvalue weighted by atomic mass is 32.2. The summed E-state index contributed by atoms with van der Waals surface area (Å²) in [6.45, 7) is 7.04. The monoisotopic (exact) mass is 429 g/mol. The molecule has 8 nitrogen and oxygen atoms in total. The summed E-state index contributed by atoms with van der Waals surface area (Å²) < 4.78 is 46.1. The third kappa shape index (κ3) is 6.40. The zero-order valence-electron chi connectivity index (χ0n) is 16.9. The van der Waals surface area contributed by atoms with Crippen LogP contribution in [0.5, 0.6) is 0 Å². The fraction of sp³-hybridized carbons (Fsp3) is 0.579. The van der Waals surface area contributed by atoms with E-state index in [0.717, 1.165) is 12.1 Å². The van der Waals surface area contributed by atoms with Crippen LogP contribution in [0.25, 0.3) is 0 Å². The number of carbonyl (C=O) groups is 2. The van der Waals surface area contributed by atoms with Crippen molar-refractivity contribution in [2.45, 2.75) is 38.1 Å². The van der Waals surface area contributed by atoms with Crippen LogP contribution in [0.4, 0.5) is 9.18 Å². The quantitative estimate of drug-likeness (QED) is 0.744. The van der Waals surface area contributed by atoms with Gasteiger partial charge in [-0.3, -0.25) is 4.79 Å². The van der Waals surface area contributed by atoms with Crippen LogP contribution in [0.15, 0.2) is 29.2 Å². The largest absolute Gasteiger partial charge is 0.449 e. The summed E-state index contributed by atoms with van der Waals surface area (Å²) in [5, 5.41) is 0. The Balaban J connectivity index is 1.96. The summed E-state index contributed by atoms with van der Waals surface area (Å²) in [4.78, 5) is 27.4. The van der Waals surface area contributed by atoms with Crippen LogP contribution >= 0.6 is 0 Å². The summed E-state index contributed by atoms with van der Waals surface area (Å²) in [6.07, 6.45) is 0.135. The van der Waals surface area contributed by atoms with Gasteiger partial charge in [0.05, 0.1) is 12.6 Å². The summed E-state index contributed by atoms with van der Waals surface area (Å²) in [5.41, 5.74) is 0. The Bertz CT molecular complexity index is 831. The molecule has 0 radical (unpaired) electrons.